The third-order valence-electron chi connectivity index (χ3n) is 2.49. The summed E-state index contributed by atoms with van der Waals surface area (Å²) < 4.78 is 5.95. The average Bonchev–Trinajstić information content (AvgIpc) is 1.86. The highest BCUT2D eigenvalue weighted by Crippen LogP contribution is 2.34. The van der Waals surface area contributed by atoms with E-state index in [2.05, 4.69) is 27.9 Å². The third kappa shape index (κ3) is 1.19. The van der Waals surface area contributed by atoms with E-state index in [1.165, 1.54) is 19.3 Å². The molecule has 1 heterocycles. The minimum Gasteiger partial charge on any atom is -0.365 e. The Labute approximate surface area is 74.8 Å². The standard InChI is InChI=1S/C7H12INO/c8-6-4-9-7(5-10-6)2-1-3-7/h6,9H,1-5H2. The first kappa shape index (κ1) is 7.31. The highest BCUT2D eigenvalue weighted by atomic mass is 127. The van der Waals surface area contributed by atoms with E-state index in [1.807, 2.05) is 0 Å². The molecular formula is C7H12INO. The van der Waals surface area contributed by atoms with Crippen molar-refractivity contribution >= 4 is 22.6 Å². The minimum atomic E-state index is 0.392. The second kappa shape index (κ2) is 2.60. The van der Waals surface area contributed by atoms with Crippen LogP contribution in [0, 0.1) is 0 Å². The molecule has 1 unspecified atom stereocenters. The Morgan fingerprint density at radius 1 is 1.50 bits per heavy atom. The lowest BCUT2D eigenvalue weighted by Crippen LogP contribution is -2.59. The molecule has 1 N–H and O–H groups in total. The van der Waals surface area contributed by atoms with E-state index in [-0.39, 0.29) is 0 Å². The van der Waals surface area contributed by atoms with Gasteiger partial charge in [0.1, 0.15) is 4.11 Å². The van der Waals surface area contributed by atoms with Crippen LogP contribution in [0.2, 0.25) is 0 Å². The van der Waals surface area contributed by atoms with Gasteiger partial charge in [-0.25, -0.2) is 0 Å². The van der Waals surface area contributed by atoms with Gasteiger partial charge in [-0.2, -0.15) is 0 Å². The van der Waals surface area contributed by atoms with E-state index in [1.54, 1.807) is 0 Å². The summed E-state index contributed by atoms with van der Waals surface area (Å²) in [5, 5.41) is 3.55. The van der Waals surface area contributed by atoms with Crippen LogP contribution in [0.25, 0.3) is 0 Å². The van der Waals surface area contributed by atoms with Gasteiger partial charge in [0.25, 0.3) is 0 Å². The molecule has 0 aromatic rings. The van der Waals surface area contributed by atoms with Crippen LogP contribution >= 0.6 is 22.6 Å². The first-order valence-corrected chi connectivity index (χ1v) is 5.06. The second-order valence-corrected chi connectivity index (χ2v) is 4.63. The van der Waals surface area contributed by atoms with Gasteiger partial charge in [-0.15, -0.1) is 0 Å². The lowest BCUT2D eigenvalue weighted by Gasteiger charge is -2.46. The molecule has 0 aromatic heterocycles. The van der Waals surface area contributed by atoms with Crippen LogP contribution < -0.4 is 5.32 Å². The summed E-state index contributed by atoms with van der Waals surface area (Å²) in [6, 6.07) is 0. The Bertz CT molecular complexity index is 126. The first-order chi connectivity index (χ1) is 4.81. The normalized spacial score (nSPS) is 37.5. The smallest absolute Gasteiger partial charge is 0.121 e. The Morgan fingerprint density at radius 2 is 2.30 bits per heavy atom. The van der Waals surface area contributed by atoms with E-state index < -0.39 is 0 Å². The molecule has 1 saturated carbocycles. The van der Waals surface area contributed by atoms with Crippen LogP contribution in [-0.2, 0) is 4.74 Å². The lowest BCUT2D eigenvalue weighted by atomic mass is 9.77. The van der Waals surface area contributed by atoms with Gasteiger partial charge < -0.3 is 10.1 Å². The van der Waals surface area contributed by atoms with Crippen molar-refractivity contribution in [3.8, 4) is 0 Å². The number of rotatable bonds is 0. The van der Waals surface area contributed by atoms with E-state index >= 15 is 0 Å². The van der Waals surface area contributed by atoms with E-state index in [0.29, 0.717) is 9.65 Å². The summed E-state index contributed by atoms with van der Waals surface area (Å²) in [7, 11) is 0. The second-order valence-electron chi connectivity index (χ2n) is 3.24. The maximum atomic E-state index is 5.56. The quantitative estimate of drug-likeness (QED) is 0.519. The summed E-state index contributed by atoms with van der Waals surface area (Å²) in [5.74, 6) is 0. The fourth-order valence-corrected chi connectivity index (χ4v) is 1.98. The molecule has 0 aromatic carbocycles. The zero-order valence-electron chi connectivity index (χ0n) is 5.90. The summed E-state index contributed by atoms with van der Waals surface area (Å²) in [5.41, 5.74) is 0.404. The largest absolute Gasteiger partial charge is 0.365 e. The molecule has 0 amide bonds. The molecule has 0 radical (unpaired) electrons. The third-order valence-corrected chi connectivity index (χ3v) is 3.29. The molecule has 2 nitrogen and oxygen atoms in total. The first-order valence-electron chi connectivity index (χ1n) is 3.82. The monoisotopic (exact) mass is 253 g/mol. The Hall–Kier alpha value is 0.650. The molecule has 2 rings (SSSR count). The van der Waals surface area contributed by atoms with Crippen LogP contribution in [0.5, 0.6) is 0 Å². The van der Waals surface area contributed by atoms with Crippen molar-refractivity contribution in [3.05, 3.63) is 0 Å². The fraction of sp³-hybridized carbons (Fsp3) is 1.00. The van der Waals surface area contributed by atoms with Crippen molar-refractivity contribution in [1.29, 1.82) is 0 Å². The Kier molecular flexibility index (Phi) is 1.90. The molecular weight excluding hydrogens is 241 g/mol. The number of alkyl halides is 1. The van der Waals surface area contributed by atoms with Gasteiger partial charge in [0.2, 0.25) is 0 Å². The molecule has 10 heavy (non-hydrogen) atoms. The predicted molar refractivity (Wildman–Crippen MR) is 48.3 cm³/mol. The Morgan fingerprint density at radius 3 is 2.70 bits per heavy atom. The van der Waals surface area contributed by atoms with Gasteiger partial charge in [-0.3, -0.25) is 0 Å². The van der Waals surface area contributed by atoms with Gasteiger partial charge in [0.05, 0.1) is 6.61 Å². The molecule has 2 fully saturated rings. The van der Waals surface area contributed by atoms with Gasteiger partial charge in [-0.1, -0.05) is 0 Å². The molecule has 1 spiro atoms. The van der Waals surface area contributed by atoms with Crippen molar-refractivity contribution in [3.63, 3.8) is 0 Å². The van der Waals surface area contributed by atoms with Gasteiger partial charge >= 0.3 is 0 Å². The number of morpholine rings is 1. The summed E-state index contributed by atoms with van der Waals surface area (Å²) in [6.45, 7) is 1.96. The highest BCUT2D eigenvalue weighted by molar-refractivity contribution is 14.1. The number of hydrogen-bond donors (Lipinski definition) is 1. The van der Waals surface area contributed by atoms with Gasteiger partial charge in [0.15, 0.2) is 0 Å². The van der Waals surface area contributed by atoms with Crippen molar-refractivity contribution in [2.75, 3.05) is 13.2 Å². The maximum Gasteiger partial charge on any atom is 0.121 e. The molecule has 58 valence electrons. The highest BCUT2D eigenvalue weighted by Gasteiger charge is 2.39. The Balaban J connectivity index is 1.90. The van der Waals surface area contributed by atoms with Crippen molar-refractivity contribution < 1.29 is 4.74 Å². The number of hydrogen-bond acceptors (Lipinski definition) is 2. The van der Waals surface area contributed by atoms with Crippen molar-refractivity contribution in [1.82, 2.24) is 5.32 Å². The molecule has 1 aliphatic carbocycles. The fourth-order valence-electron chi connectivity index (χ4n) is 1.58. The molecule has 1 atom stereocenters. The maximum absolute atomic E-state index is 5.56. The van der Waals surface area contributed by atoms with Crippen LogP contribution in [0.1, 0.15) is 19.3 Å². The van der Waals surface area contributed by atoms with Crippen LogP contribution in [-0.4, -0.2) is 22.8 Å². The van der Waals surface area contributed by atoms with Crippen LogP contribution in [0.3, 0.4) is 0 Å². The van der Waals surface area contributed by atoms with Gasteiger partial charge in [-0.05, 0) is 41.9 Å². The summed E-state index contributed by atoms with van der Waals surface area (Å²) in [4.78, 5) is 0. The molecule has 2 aliphatic rings. The average molecular weight is 253 g/mol. The van der Waals surface area contributed by atoms with E-state index in [0.717, 1.165) is 13.2 Å². The van der Waals surface area contributed by atoms with Crippen molar-refractivity contribution in [2.24, 2.45) is 0 Å². The zero-order valence-corrected chi connectivity index (χ0v) is 8.06. The molecule has 1 aliphatic heterocycles. The molecule has 1 saturated heterocycles. The topological polar surface area (TPSA) is 21.3 Å². The predicted octanol–water partition coefficient (Wildman–Crippen LogP) is 1.29. The van der Waals surface area contributed by atoms with Crippen LogP contribution in [0.15, 0.2) is 0 Å². The lowest BCUT2D eigenvalue weighted by molar-refractivity contribution is -0.0187. The van der Waals surface area contributed by atoms with Crippen molar-refractivity contribution in [2.45, 2.75) is 28.9 Å². The van der Waals surface area contributed by atoms with E-state index in [9.17, 15) is 0 Å². The minimum absolute atomic E-state index is 0.392. The van der Waals surface area contributed by atoms with Gasteiger partial charge in [0, 0.05) is 12.1 Å². The summed E-state index contributed by atoms with van der Waals surface area (Å²) in [6.07, 6.45) is 4.01. The number of nitrogens with one attached hydrogen (secondary N) is 1. The SMILES string of the molecule is IC1CNC2(CCC2)CO1. The van der Waals surface area contributed by atoms with Crippen LogP contribution in [0.4, 0.5) is 0 Å². The zero-order chi connectivity index (χ0) is 7.03. The number of halogens is 1. The molecule has 0 bridgehead atoms. The summed E-state index contributed by atoms with van der Waals surface area (Å²) >= 11 is 2.33. The van der Waals surface area contributed by atoms with E-state index in [4.69, 9.17) is 4.74 Å². The number of ether oxygens (including phenoxy) is 1. The molecule has 3 heteroatoms.